The second-order valence-corrected chi connectivity index (χ2v) is 5.59. The molecule has 0 aromatic rings. The van der Waals surface area contributed by atoms with Gasteiger partial charge in [0, 0.05) is 6.54 Å². The molecule has 0 aromatic carbocycles. The van der Waals surface area contributed by atoms with Crippen molar-refractivity contribution in [1.29, 1.82) is 0 Å². The molecule has 1 heterocycles. The molecule has 0 saturated carbocycles. The third-order valence-electron chi connectivity index (χ3n) is 2.79. The topological polar surface area (TPSA) is 46.6 Å². The van der Waals surface area contributed by atoms with Crippen molar-refractivity contribution in [3.8, 4) is 0 Å². The summed E-state index contributed by atoms with van der Waals surface area (Å²) in [7, 11) is 0. The van der Waals surface area contributed by atoms with Gasteiger partial charge in [-0.15, -0.1) is 0 Å². The third kappa shape index (κ3) is 4.17. The molecule has 18 heavy (non-hydrogen) atoms. The van der Waals surface area contributed by atoms with E-state index in [1.165, 1.54) is 6.08 Å². The number of hydrogen-bond donors (Lipinski definition) is 0. The zero-order chi connectivity index (χ0) is 13.8. The number of piperidine rings is 1. The Kier molecular flexibility index (Phi) is 4.93. The molecule has 1 saturated heterocycles. The molecule has 1 amide bonds. The van der Waals surface area contributed by atoms with Crippen molar-refractivity contribution in [2.75, 3.05) is 6.54 Å². The second kappa shape index (κ2) is 6.03. The molecule has 102 valence electrons. The Balaban J connectivity index is 2.76. The van der Waals surface area contributed by atoms with Gasteiger partial charge in [-0.1, -0.05) is 6.08 Å². The van der Waals surface area contributed by atoms with Gasteiger partial charge < -0.3 is 4.74 Å². The monoisotopic (exact) mass is 253 g/mol. The maximum atomic E-state index is 12.1. The molecule has 0 bridgehead atoms. The maximum Gasteiger partial charge on any atom is 0.410 e. The highest BCUT2D eigenvalue weighted by Gasteiger charge is 2.33. The number of ketones is 1. The summed E-state index contributed by atoms with van der Waals surface area (Å²) in [5.74, 6) is -0.0111. The molecule has 1 rings (SSSR count). The fourth-order valence-corrected chi connectivity index (χ4v) is 2.04. The quantitative estimate of drug-likeness (QED) is 0.711. The summed E-state index contributed by atoms with van der Waals surface area (Å²) in [5.41, 5.74) is -0.525. The van der Waals surface area contributed by atoms with Crippen molar-refractivity contribution in [3.63, 3.8) is 0 Å². The molecule has 0 unspecified atom stereocenters. The lowest BCUT2D eigenvalue weighted by atomic mass is 9.98. The van der Waals surface area contributed by atoms with Crippen LogP contribution in [0.3, 0.4) is 0 Å². The summed E-state index contributed by atoms with van der Waals surface area (Å²) in [6.07, 6.45) is 5.50. The lowest BCUT2D eigenvalue weighted by molar-refractivity contribution is -0.120. The van der Waals surface area contributed by atoms with E-state index in [4.69, 9.17) is 4.74 Å². The molecule has 4 nitrogen and oxygen atoms in total. The average molecular weight is 253 g/mol. The van der Waals surface area contributed by atoms with E-state index in [-0.39, 0.29) is 17.9 Å². The molecule has 1 aliphatic rings. The molecule has 1 atom stereocenters. The standard InChI is InChI=1S/C14H23NO3/c1-5-8-12(16)11-9-6-7-10-15(11)13(17)18-14(2,3)4/h5,8,11H,6-7,9-10H2,1-4H3/b8-5+/t11-/m0/s1. The Morgan fingerprint density at radius 2 is 1.94 bits per heavy atom. The second-order valence-electron chi connectivity index (χ2n) is 5.59. The number of rotatable bonds is 2. The predicted molar refractivity (Wildman–Crippen MR) is 70.4 cm³/mol. The van der Waals surface area contributed by atoms with Crippen LogP contribution in [0.4, 0.5) is 4.79 Å². The van der Waals surface area contributed by atoms with Gasteiger partial charge in [0.2, 0.25) is 0 Å². The molecule has 0 aliphatic carbocycles. The zero-order valence-corrected chi connectivity index (χ0v) is 11.7. The van der Waals surface area contributed by atoms with E-state index >= 15 is 0 Å². The number of likely N-dealkylation sites (tertiary alicyclic amines) is 1. The third-order valence-corrected chi connectivity index (χ3v) is 2.79. The normalized spacial score (nSPS) is 21.1. The van der Waals surface area contributed by atoms with Gasteiger partial charge in [0.25, 0.3) is 0 Å². The van der Waals surface area contributed by atoms with Crippen LogP contribution in [0, 0.1) is 0 Å². The van der Waals surface area contributed by atoms with E-state index in [9.17, 15) is 9.59 Å². The summed E-state index contributed by atoms with van der Waals surface area (Å²) in [4.78, 5) is 25.6. The molecule has 0 N–H and O–H groups in total. The number of carbonyl (C=O) groups is 2. The van der Waals surface area contributed by atoms with Crippen LogP contribution in [-0.2, 0) is 9.53 Å². The largest absolute Gasteiger partial charge is 0.444 e. The van der Waals surface area contributed by atoms with E-state index in [2.05, 4.69) is 0 Å². The van der Waals surface area contributed by atoms with Crippen molar-refractivity contribution in [1.82, 2.24) is 4.90 Å². The Labute approximate surface area is 109 Å². The minimum Gasteiger partial charge on any atom is -0.444 e. The number of ether oxygens (including phenoxy) is 1. The van der Waals surface area contributed by atoms with Crippen LogP contribution in [0.15, 0.2) is 12.2 Å². The fraction of sp³-hybridized carbons (Fsp3) is 0.714. The predicted octanol–water partition coefficient (Wildman–Crippen LogP) is 2.92. The molecule has 1 fully saturated rings. The van der Waals surface area contributed by atoms with Gasteiger partial charge in [0.15, 0.2) is 5.78 Å². The first-order valence-electron chi connectivity index (χ1n) is 6.51. The maximum absolute atomic E-state index is 12.1. The Hall–Kier alpha value is -1.32. The van der Waals surface area contributed by atoms with Gasteiger partial charge in [-0.3, -0.25) is 9.69 Å². The Morgan fingerprint density at radius 3 is 2.50 bits per heavy atom. The number of amides is 1. The SMILES string of the molecule is C/C=C/C(=O)[C@@H]1CCCCN1C(=O)OC(C)(C)C. The van der Waals surface area contributed by atoms with Crippen LogP contribution in [0.2, 0.25) is 0 Å². The van der Waals surface area contributed by atoms with Crippen LogP contribution >= 0.6 is 0 Å². The summed E-state index contributed by atoms with van der Waals surface area (Å²) in [6, 6.07) is -0.357. The zero-order valence-electron chi connectivity index (χ0n) is 11.7. The molecule has 0 spiro atoms. The summed E-state index contributed by atoms with van der Waals surface area (Å²) in [6.45, 7) is 7.90. The van der Waals surface area contributed by atoms with Crippen molar-refractivity contribution in [2.45, 2.75) is 58.6 Å². The smallest absolute Gasteiger partial charge is 0.410 e. The average Bonchev–Trinajstić information content (AvgIpc) is 2.27. The van der Waals surface area contributed by atoms with Crippen LogP contribution in [-0.4, -0.2) is 35.0 Å². The fourth-order valence-electron chi connectivity index (χ4n) is 2.04. The summed E-state index contributed by atoms with van der Waals surface area (Å²) >= 11 is 0. The molecule has 4 heteroatoms. The van der Waals surface area contributed by atoms with E-state index in [0.717, 1.165) is 19.3 Å². The van der Waals surface area contributed by atoms with Crippen molar-refractivity contribution >= 4 is 11.9 Å². The molecular formula is C14H23NO3. The van der Waals surface area contributed by atoms with Crippen LogP contribution in [0.5, 0.6) is 0 Å². The first kappa shape index (κ1) is 14.7. The molecule has 0 aromatic heterocycles. The van der Waals surface area contributed by atoms with Gasteiger partial charge in [-0.05, 0) is 53.0 Å². The number of allylic oxidation sites excluding steroid dienone is 1. The number of carbonyl (C=O) groups excluding carboxylic acids is 2. The number of nitrogens with zero attached hydrogens (tertiary/aromatic N) is 1. The van der Waals surface area contributed by atoms with E-state index in [1.54, 1.807) is 17.9 Å². The number of hydrogen-bond acceptors (Lipinski definition) is 3. The van der Waals surface area contributed by atoms with Crippen molar-refractivity contribution in [3.05, 3.63) is 12.2 Å². The van der Waals surface area contributed by atoms with Crippen LogP contribution in [0.25, 0.3) is 0 Å². The molecule has 1 aliphatic heterocycles. The minimum absolute atomic E-state index is 0.0111. The highest BCUT2D eigenvalue weighted by atomic mass is 16.6. The van der Waals surface area contributed by atoms with Gasteiger partial charge in [0.05, 0.1) is 6.04 Å². The first-order valence-corrected chi connectivity index (χ1v) is 6.51. The van der Waals surface area contributed by atoms with Gasteiger partial charge in [0.1, 0.15) is 5.60 Å². The molecule has 0 radical (unpaired) electrons. The van der Waals surface area contributed by atoms with Gasteiger partial charge in [-0.2, -0.15) is 0 Å². The highest BCUT2D eigenvalue weighted by molar-refractivity contribution is 5.96. The van der Waals surface area contributed by atoms with Gasteiger partial charge >= 0.3 is 6.09 Å². The summed E-state index contributed by atoms with van der Waals surface area (Å²) in [5, 5.41) is 0. The lowest BCUT2D eigenvalue weighted by Crippen LogP contribution is -2.49. The Morgan fingerprint density at radius 1 is 1.28 bits per heavy atom. The van der Waals surface area contributed by atoms with Crippen molar-refractivity contribution < 1.29 is 14.3 Å². The van der Waals surface area contributed by atoms with E-state index < -0.39 is 5.60 Å². The lowest BCUT2D eigenvalue weighted by Gasteiger charge is -2.35. The van der Waals surface area contributed by atoms with E-state index in [0.29, 0.717) is 6.54 Å². The molecular weight excluding hydrogens is 230 g/mol. The van der Waals surface area contributed by atoms with E-state index in [1.807, 2.05) is 20.8 Å². The van der Waals surface area contributed by atoms with Crippen molar-refractivity contribution in [2.24, 2.45) is 0 Å². The summed E-state index contributed by atoms with van der Waals surface area (Å²) < 4.78 is 5.35. The van der Waals surface area contributed by atoms with Crippen LogP contribution < -0.4 is 0 Å². The highest BCUT2D eigenvalue weighted by Crippen LogP contribution is 2.21. The van der Waals surface area contributed by atoms with Gasteiger partial charge in [-0.25, -0.2) is 4.79 Å². The first-order chi connectivity index (χ1) is 8.35. The van der Waals surface area contributed by atoms with Crippen LogP contribution in [0.1, 0.15) is 47.0 Å². The minimum atomic E-state index is -0.525. The Bertz CT molecular complexity index is 341.